The quantitative estimate of drug-likeness (QED) is 0.798. The maximum absolute atomic E-state index is 13.4. The molecule has 0 aliphatic carbocycles. The van der Waals surface area contributed by atoms with Gasteiger partial charge >= 0.3 is 0 Å². The summed E-state index contributed by atoms with van der Waals surface area (Å²) in [6.07, 6.45) is 0.943. The topological polar surface area (TPSA) is 49.6 Å². The number of likely N-dealkylation sites (N-methyl/N-ethyl adjacent to an activating group) is 1. The lowest BCUT2D eigenvalue weighted by Gasteiger charge is -2.23. The molecule has 0 bridgehead atoms. The molecule has 0 aromatic heterocycles. The molecule has 1 aromatic carbocycles. The van der Waals surface area contributed by atoms with Crippen molar-refractivity contribution in [1.82, 2.24) is 9.80 Å². The SMILES string of the molecule is CCCN(CC(=O)N(C)C)Cc1ccc(N)c(F)c1. The first-order valence-electron chi connectivity index (χ1n) is 6.40. The molecule has 0 saturated heterocycles. The van der Waals surface area contributed by atoms with Gasteiger partial charge in [0.1, 0.15) is 5.82 Å². The lowest BCUT2D eigenvalue weighted by Crippen LogP contribution is -2.36. The molecule has 0 heterocycles. The number of nitrogens with two attached hydrogens (primary N) is 1. The number of carbonyl (C=O) groups is 1. The number of rotatable bonds is 6. The van der Waals surface area contributed by atoms with E-state index in [-0.39, 0.29) is 11.6 Å². The van der Waals surface area contributed by atoms with E-state index in [1.54, 1.807) is 31.1 Å². The number of carbonyl (C=O) groups excluding carboxylic acids is 1. The fourth-order valence-corrected chi connectivity index (χ4v) is 1.79. The summed E-state index contributed by atoms with van der Waals surface area (Å²) in [6.45, 7) is 3.74. The Labute approximate surface area is 114 Å². The first-order chi connectivity index (χ1) is 8.93. The highest BCUT2D eigenvalue weighted by atomic mass is 19.1. The predicted molar refractivity (Wildman–Crippen MR) is 75.1 cm³/mol. The second kappa shape index (κ2) is 7.09. The molecule has 1 rings (SSSR count). The van der Waals surface area contributed by atoms with Crippen molar-refractivity contribution in [2.24, 2.45) is 0 Å². The summed E-state index contributed by atoms with van der Waals surface area (Å²) in [5.74, 6) is -0.364. The molecule has 4 nitrogen and oxygen atoms in total. The number of nitrogens with zero attached hydrogens (tertiary/aromatic N) is 2. The molecule has 1 amide bonds. The zero-order valence-corrected chi connectivity index (χ0v) is 11.8. The van der Waals surface area contributed by atoms with Crippen molar-refractivity contribution in [3.8, 4) is 0 Å². The van der Waals surface area contributed by atoms with Crippen LogP contribution in [0.3, 0.4) is 0 Å². The molecule has 0 fully saturated rings. The first kappa shape index (κ1) is 15.4. The van der Waals surface area contributed by atoms with Crippen molar-refractivity contribution in [3.63, 3.8) is 0 Å². The van der Waals surface area contributed by atoms with Gasteiger partial charge in [-0.3, -0.25) is 9.69 Å². The Hall–Kier alpha value is -1.62. The average molecular weight is 267 g/mol. The number of hydrogen-bond donors (Lipinski definition) is 1. The molecule has 0 aliphatic rings. The fourth-order valence-electron chi connectivity index (χ4n) is 1.79. The van der Waals surface area contributed by atoms with Gasteiger partial charge in [0.2, 0.25) is 5.91 Å². The van der Waals surface area contributed by atoms with Crippen LogP contribution in [0.5, 0.6) is 0 Å². The third-order valence-electron chi connectivity index (χ3n) is 2.87. The summed E-state index contributed by atoms with van der Waals surface area (Å²) in [5.41, 5.74) is 6.42. The lowest BCUT2D eigenvalue weighted by atomic mass is 10.2. The van der Waals surface area contributed by atoms with E-state index in [0.29, 0.717) is 13.1 Å². The van der Waals surface area contributed by atoms with Crippen LogP contribution in [-0.2, 0) is 11.3 Å². The molecule has 0 spiro atoms. The van der Waals surface area contributed by atoms with Crippen molar-refractivity contribution in [1.29, 1.82) is 0 Å². The van der Waals surface area contributed by atoms with Crippen molar-refractivity contribution in [3.05, 3.63) is 29.6 Å². The molecule has 0 radical (unpaired) electrons. The molecule has 5 heteroatoms. The minimum atomic E-state index is -0.409. The van der Waals surface area contributed by atoms with Crippen LogP contribution in [0.2, 0.25) is 0 Å². The molecule has 2 N–H and O–H groups in total. The van der Waals surface area contributed by atoms with Crippen molar-refractivity contribution >= 4 is 11.6 Å². The van der Waals surface area contributed by atoms with Crippen LogP contribution < -0.4 is 5.73 Å². The summed E-state index contributed by atoms with van der Waals surface area (Å²) in [6, 6.07) is 4.78. The Morgan fingerprint density at radius 1 is 1.37 bits per heavy atom. The summed E-state index contributed by atoms with van der Waals surface area (Å²) >= 11 is 0. The molecule has 0 aliphatic heterocycles. The maximum atomic E-state index is 13.4. The van der Waals surface area contributed by atoms with Gasteiger partial charge in [-0.15, -0.1) is 0 Å². The number of amides is 1. The average Bonchev–Trinajstić information content (AvgIpc) is 2.34. The van der Waals surface area contributed by atoms with E-state index in [9.17, 15) is 9.18 Å². The Morgan fingerprint density at radius 3 is 2.58 bits per heavy atom. The van der Waals surface area contributed by atoms with E-state index < -0.39 is 5.82 Å². The highest BCUT2D eigenvalue weighted by Gasteiger charge is 2.12. The Bertz CT molecular complexity index is 435. The van der Waals surface area contributed by atoms with Gasteiger partial charge in [-0.05, 0) is 30.7 Å². The summed E-state index contributed by atoms with van der Waals surface area (Å²) in [5, 5.41) is 0. The molecule has 0 atom stereocenters. The van der Waals surface area contributed by atoms with Gasteiger partial charge in [0, 0.05) is 20.6 Å². The van der Waals surface area contributed by atoms with Gasteiger partial charge in [-0.1, -0.05) is 13.0 Å². The van der Waals surface area contributed by atoms with Crippen molar-refractivity contribution in [2.45, 2.75) is 19.9 Å². The van der Waals surface area contributed by atoms with Gasteiger partial charge in [0.25, 0.3) is 0 Å². The molecular weight excluding hydrogens is 245 g/mol. The number of halogens is 1. The van der Waals surface area contributed by atoms with Gasteiger partial charge in [0.05, 0.1) is 12.2 Å². The van der Waals surface area contributed by atoms with Crippen LogP contribution in [0, 0.1) is 5.82 Å². The zero-order chi connectivity index (χ0) is 14.4. The van der Waals surface area contributed by atoms with Crippen LogP contribution in [-0.4, -0.2) is 42.9 Å². The normalized spacial score (nSPS) is 10.8. The highest BCUT2D eigenvalue weighted by Crippen LogP contribution is 2.14. The fraction of sp³-hybridized carbons (Fsp3) is 0.500. The van der Waals surface area contributed by atoms with E-state index >= 15 is 0 Å². The Morgan fingerprint density at radius 2 is 2.05 bits per heavy atom. The zero-order valence-electron chi connectivity index (χ0n) is 11.8. The third kappa shape index (κ3) is 4.87. The van der Waals surface area contributed by atoms with Crippen LogP contribution in [0.25, 0.3) is 0 Å². The maximum Gasteiger partial charge on any atom is 0.236 e. The summed E-state index contributed by atoms with van der Waals surface area (Å²) in [4.78, 5) is 15.3. The number of anilines is 1. The van der Waals surface area contributed by atoms with E-state index in [4.69, 9.17) is 5.73 Å². The molecule has 106 valence electrons. The number of benzene rings is 1. The first-order valence-corrected chi connectivity index (χ1v) is 6.40. The van der Waals surface area contributed by atoms with E-state index in [1.807, 2.05) is 4.90 Å². The second-order valence-electron chi connectivity index (χ2n) is 4.85. The molecule has 1 aromatic rings. The Balaban J connectivity index is 2.71. The minimum absolute atomic E-state index is 0.0457. The van der Waals surface area contributed by atoms with Gasteiger partial charge in [0.15, 0.2) is 0 Å². The monoisotopic (exact) mass is 267 g/mol. The largest absolute Gasteiger partial charge is 0.396 e. The van der Waals surface area contributed by atoms with E-state index in [2.05, 4.69) is 6.92 Å². The standard InChI is InChI=1S/C14H22FN3O/c1-4-7-18(10-14(19)17(2)3)9-11-5-6-13(16)12(15)8-11/h5-6,8H,4,7,9-10,16H2,1-3H3. The van der Waals surface area contributed by atoms with E-state index in [1.165, 1.54) is 6.07 Å². The smallest absolute Gasteiger partial charge is 0.236 e. The van der Waals surface area contributed by atoms with E-state index in [0.717, 1.165) is 18.5 Å². The van der Waals surface area contributed by atoms with Crippen molar-refractivity contribution < 1.29 is 9.18 Å². The molecule has 0 unspecified atom stereocenters. The molecule has 0 saturated carbocycles. The van der Waals surface area contributed by atoms with Crippen LogP contribution in [0.1, 0.15) is 18.9 Å². The summed E-state index contributed by atoms with van der Waals surface area (Å²) < 4.78 is 13.4. The number of nitrogen functional groups attached to an aromatic ring is 1. The van der Waals surface area contributed by atoms with Crippen LogP contribution in [0.4, 0.5) is 10.1 Å². The second-order valence-corrected chi connectivity index (χ2v) is 4.85. The van der Waals surface area contributed by atoms with Crippen LogP contribution in [0.15, 0.2) is 18.2 Å². The molecular formula is C14H22FN3O. The van der Waals surface area contributed by atoms with Gasteiger partial charge in [-0.25, -0.2) is 4.39 Å². The van der Waals surface area contributed by atoms with Gasteiger partial charge < -0.3 is 10.6 Å². The lowest BCUT2D eigenvalue weighted by molar-refractivity contribution is -0.130. The number of hydrogen-bond acceptors (Lipinski definition) is 3. The Kier molecular flexibility index (Phi) is 5.76. The predicted octanol–water partition coefficient (Wildman–Crippen LogP) is 1.71. The molecule has 19 heavy (non-hydrogen) atoms. The minimum Gasteiger partial charge on any atom is -0.396 e. The van der Waals surface area contributed by atoms with Crippen molar-refractivity contribution in [2.75, 3.05) is 32.9 Å². The highest BCUT2D eigenvalue weighted by molar-refractivity contribution is 5.77. The van der Waals surface area contributed by atoms with Crippen LogP contribution >= 0.6 is 0 Å². The van der Waals surface area contributed by atoms with Gasteiger partial charge in [-0.2, -0.15) is 0 Å². The third-order valence-corrected chi connectivity index (χ3v) is 2.87. The summed E-state index contributed by atoms with van der Waals surface area (Å²) in [7, 11) is 3.46.